The van der Waals surface area contributed by atoms with Gasteiger partial charge in [0.2, 0.25) is 21.8 Å². The molecular weight excluding hydrogens is 592 g/mol. The molecule has 45 heavy (non-hydrogen) atoms. The van der Waals surface area contributed by atoms with Gasteiger partial charge in [-0.2, -0.15) is 0 Å². The molecule has 5 N–H and O–H groups in total. The highest BCUT2D eigenvalue weighted by Gasteiger charge is 2.34. The smallest absolute Gasteiger partial charge is 0.243 e. The maximum Gasteiger partial charge on any atom is 0.243 e. The first kappa shape index (κ1) is 38.3. The summed E-state index contributed by atoms with van der Waals surface area (Å²) < 4.78 is 27.9. The predicted octanol–water partition coefficient (Wildman–Crippen LogP) is 1.81. The van der Waals surface area contributed by atoms with Crippen LogP contribution in [0.5, 0.6) is 0 Å². The third kappa shape index (κ3) is 13.5. The van der Waals surface area contributed by atoms with Crippen LogP contribution in [0.15, 0.2) is 30.3 Å². The van der Waals surface area contributed by atoms with E-state index in [2.05, 4.69) is 27.8 Å². The monoisotopic (exact) mass is 644 g/mol. The zero-order valence-electron chi connectivity index (χ0n) is 27.0. The van der Waals surface area contributed by atoms with Crippen LogP contribution in [0.2, 0.25) is 0 Å². The van der Waals surface area contributed by atoms with Crippen LogP contribution in [0, 0.1) is 36.5 Å². The van der Waals surface area contributed by atoms with Crippen LogP contribution in [-0.2, 0) is 26.0 Å². The van der Waals surface area contributed by atoms with E-state index in [9.17, 15) is 28.2 Å². The first-order valence-electron chi connectivity index (χ1n) is 15.9. The topological polar surface area (TPSA) is 148 Å². The van der Waals surface area contributed by atoms with Crippen LogP contribution < -0.4 is 16.0 Å². The summed E-state index contributed by atoms with van der Waals surface area (Å²) in [5, 5.41) is 30.1. The number of benzene rings is 1. The van der Waals surface area contributed by atoms with Gasteiger partial charge in [0.25, 0.3) is 0 Å². The molecule has 0 heterocycles. The van der Waals surface area contributed by atoms with Crippen LogP contribution >= 0.6 is 0 Å². The predicted molar refractivity (Wildman–Crippen MR) is 177 cm³/mol. The summed E-state index contributed by atoms with van der Waals surface area (Å²) in [6, 6.07) is 7.28. The number of amides is 2. The second-order valence-corrected chi connectivity index (χ2v) is 14.5. The Balaban J connectivity index is 2.25. The zero-order chi connectivity index (χ0) is 33.4. The number of hydrogen-bond acceptors (Lipinski definition) is 7. The maximum atomic E-state index is 13.7. The van der Waals surface area contributed by atoms with E-state index < -0.39 is 57.8 Å². The van der Waals surface area contributed by atoms with Gasteiger partial charge in [-0.05, 0) is 24.3 Å². The van der Waals surface area contributed by atoms with E-state index in [1.54, 1.807) is 0 Å². The lowest BCUT2D eigenvalue weighted by atomic mass is 9.82. The zero-order valence-corrected chi connectivity index (χ0v) is 27.8. The van der Waals surface area contributed by atoms with Crippen molar-refractivity contribution in [1.82, 2.24) is 20.3 Å². The molecule has 1 aliphatic rings. The van der Waals surface area contributed by atoms with Gasteiger partial charge in [0, 0.05) is 39.0 Å². The third-order valence-electron chi connectivity index (χ3n) is 8.29. The first-order valence-corrected chi connectivity index (χ1v) is 17.5. The second-order valence-electron chi connectivity index (χ2n) is 12.4. The van der Waals surface area contributed by atoms with Crippen LogP contribution in [-0.4, -0.2) is 91.0 Å². The number of nitrogens with zero attached hydrogens (tertiary/aromatic N) is 1. The summed E-state index contributed by atoms with van der Waals surface area (Å²) in [6.45, 7) is 4.63. The van der Waals surface area contributed by atoms with Crippen molar-refractivity contribution >= 4 is 21.8 Å². The number of sulfonamides is 1. The van der Waals surface area contributed by atoms with E-state index in [1.807, 2.05) is 44.2 Å². The Bertz CT molecular complexity index is 1240. The standard InChI is InChI=1S/C34H52N4O6S/c1-6-14-29(34(42)37-30(32(40)31(39)15-7-2)23-27-18-12-9-13-19-27)36-33(41)28(22-26-16-10-8-11-17-26)24-45(43,44)38(5)21-20-35-25(3)4/h1-2,8,10-11,16-17,25,27-32,35,39-40H,9,12-15,18-24H2,3-5H3,(H,36,41)(H,37,42)/t28-,29+,30+,31+,32-/m1/s1. The molecule has 0 bridgehead atoms. The molecule has 0 aliphatic heterocycles. The number of aliphatic hydroxyl groups is 2. The van der Waals surface area contributed by atoms with Crippen molar-refractivity contribution < 1.29 is 28.2 Å². The highest BCUT2D eigenvalue weighted by Crippen LogP contribution is 2.28. The SMILES string of the molecule is C#CC[C@H](NC(=O)[C@H](Cc1ccccc1)CS(=O)(=O)N(C)CCNC(C)C)C(=O)N[C@@H](CC1CCCCC1)[C@@H](O)[C@@H](O)CC#C. The second kappa shape index (κ2) is 19.6. The van der Waals surface area contributed by atoms with Gasteiger partial charge >= 0.3 is 0 Å². The number of likely N-dealkylation sites (N-methyl/N-ethyl adjacent to an activating group) is 1. The maximum absolute atomic E-state index is 13.7. The van der Waals surface area contributed by atoms with Crippen LogP contribution in [0.1, 0.15) is 70.8 Å². The number of hydrogen-bond donors (Lipinski definition) is 5. The van der Waals surface area contributed by atoms with Crippen molar-refractivity contribution in [2.75, 3.05) is 25.9 Å². The largest absolute Gasteiger partial charge is 0.389 e. The van der Waals surface area contributed by atoms with Crippen molar-refractivity contribution in [3.8, 4) is 24.7 Å². The molecule has 0 aromatic heterocycles. The molecule has 0 unspecified atom stereocenters. The Morgan fingerprint density at radius 2 is 1.64 bits per heavy atom. The van der Waals surface area contributed by atoms with E-state index in [0.717, 1.165) is 37.7 Å². The molecule has 1 fully saturated rings. The van der Waals surface area contributed by atoms with Crippen LogP contribution in [0.25, 0.3) is 0 Å². The molecule has 2 amide bonds. The molecule has 250 valence electrons. The fourth-order valence-corrected chi connectivity index (χ4v) is 7.03. The first-order chi connectivity index (χ1) is 21.4. The average Bonchev–Trinajstić information content (AvgIpc) is 3.00. The number of carbonyl (C=O) groups is 2. The lowest BCUT2D eigenvalue weighted by Gasteiger charge is -2.33. The van der Waals surface area contributed by atoms with Crippen molar-refractivity contribution in [3.05, 3.63) is 35.9 Å². The Hall–Kier alpha value is -2.93. The van der Waals surface area contributed by atoms with Gasteiger partial charge in [-0.1, -0.05) is 76.3 Å². The lowest BCUT2D eigenvalue weighted by molar-refractivity contribution is -0.132. The Morgan fingerprint density at radius 3 is 2.24 bits per heavy atom. The minimum Gasteiger partial charge on any atom is -0.389 e. The number of carbonyl (C=O) groups excluding carboxylic acids is 2. The minimum atomic E-state index is -3.84. The van der Waals surface area contributed by atoms with Crippen LogP contribution in [0.4, 0.5) is 0 Å². The number of rotatable bonds is 19. The average molecular weight is 645 g/mol. The number of aliphatic hydroxyl groups excluding tert-OH is 2. The summed E-state index contributed by atoms with van der Waals surface area (Å²) in [7, 11) is -2.36. The Morgan fingerprint density at radius 1 is 1.00 bits per heavy atom. The molecule has 5 atom stereocenters. The molecule has 1 aliphatic carbocycles. The summed E-state index contributed by atoms with van der Waals surface area (Å²) in [6.07, 6.45) is 13.9. The van der Waals surface area contributed by atoms with E-state index in [0.29, 0.717) is 13.0 Å². The number of nitrogens with one attached hydrogen (secondary N) is 3. The van der Waals surface area contributed by atoms with Gasteiger partial charge in [0.1, 0.15) is 12.1 Å². The molecular formula is C34H52N4O6S. The normalized spacial score (nSPS) is 17.4. The molecule has 11 heteroatoms. The molecule has 10 nitrogen and oxygen atoms in total. The summed E-state index contributed by atoms with van der Waals surface area (Å²) in [5.41, 5.74) is 0.771. The highest BCUT2D eigenvalue weighted by molar-refractivity contribution is 7.89. The lowest BCUT2D eigenvalue weighted by Crippen LogP contribution is -2.56. The molecule has 2 rings (SSSR count). The van der Waals surface area contributed by atoms with Gasteiger partial charge in [0.05, 0.1) is 23.8 Å². The van der Waals surface area contributed by atoms with E-state index >= 15 is 0 Å². The molecule has 0 saturated heterocycles. The number of terminal acetylenes is 2. The molecule has 1 saturated carbocycles. The Kier molecular flexibility index (Phi) is 16.6. The van der Waals surface area contributed by atoms with E-state index in [-0.39, 0.29) is 37.8 Å². The molecule has 1 aromatic carbocycles. The quantitative estimate of drug-likeness (QED) is 0.144. The van der Waals surface area contributed by atoms with Crippen molar-refractivity contribution in [2.45, 2.75) is 102 Å². The summed E-state index contributed by atoms with van der Waals surface area (Å²) >= 11 is 0. The highest BCUT2D eigenvalue weighted by atomic mass is 32.2. The van der Waals surface area contributed by atoms with Crippen LogP contribution in [0.3, 0.4) is 0 Å². The van der Waals surface area contributed by atoms with E-state index in [4.69, 9.17) is 12.8 Å². The minimum absolute atomic E-state index is 0.0830. The molecule has 0 spiro atoms. The van der Waals surface area contributed by atoms with E-state index in [1.165, 1.54) is 11.4 Å². The molecule has 1 aromatic rings. The van der Waals surface area contributed by atoms with Gasteiger partial charge in [-0.3, -0.25) is 9.59 Å². The Labute approximate surface area is 270 Å². The molecule has 0 radical (unpaired) electrons. The van der Waals surface area contributed by atoms with Gasteiger partial charge in [-0.25, -0.2) is 12.7 Å². The van der Waals surface area contributed by atoms with Crippen molar-refractivity contribution in [1.29, 1.82) is 0 Å². The van der Waals surface area contributed by atoms with Gasteiger partial charge < -0.3 is 26.2 Å². The van der Waals surface area contributed by atoms with Gasteiger partial charge in [-0.15, -0.1) is 24.7 Å². The van der Waals surface area contributed by atoms with Gasteiger partial charge in [0.15, 0.2) is 0 Å². The third-order valence-corrected chi connectivity index (χ3v) is 10.2. The fraction of sp³-hybridized carbons (Fsp3) is 0.647. The van der Waals surface area contributed by atoms with Crippen molar-refractivity contribution in [3.63, 3.8) is 0 Å². The summed E-state index contributed by atoms with van der Waals surface area (Å²) in [5.74, 6) is 2.31. The van der Waals surface area contributed by atoms with Crippen molar-refractivity contribution in [2.24, 2.45) is 11.8 Å². The fourth-order valence-electron chi connectivity index (χ4n) is 5.63. The summed E-state index contributed by atoms with van der Waals surface area (Å²) in [4.78, 5) is 27.3.